The number of aromatic nitrogens is 1. The third-order valence-electron chi connectivity index (χ3n) is 4.02. The summed E-state index contributed by atoms with van der Waals surface area (Å²) in [6, 6.07) is 0. The van der Waals surface area contributed by atoms with Crippen molar-refractivity contribution in [3.05, 3.63) is 16.1 Å². The van der Waals surface area contributed by atoms with E-state index in [4.69, 9.17) is 10.5 Å². The Balaban J connectivity index is 0.00000288. The quantitative estimate of drug-likeness (QED) is 0.729. The van der Waals surface area contributed by atoms with Crippen molar-refractivity contribution >= 4 is 42.1 Å². The number of carbonyl (C=O) groups is 1. The lowest BCUT2D eigenvalue weighted by Gasteiger charge is -2.32. The maximum absolute atomic E-state index is 12.4. The van der Waals surface area contributed by atoms with Crippen molar-refractivity contribution in [1.29, 1.82) is 0 Å². The first kappa shape index (κ1) is 24.6. The van der Waals surface area contributed by atoms with Crippen LogP contribution in [-0.4, -0.2) is 48.1 Å². The van der Waals surface area contributed by atoms with Crippen LogP contribution in [0.2, 0.25) is 0 Å². The van der Waals surface area contributed by atoms with Crippen LogP contribution in [0.25, 0.3) is 0 Å². The lowest BCUT2D eigenvalue weighted by Crippen LogP contribution is -2.41. The summed E-state index contributed by atoms with van der Waals surface area (Å²) in [5.41, 5.74) is 6.41. The zero-order chi connectivity index (χ0) is 16.9. The summed E-state index contributed by atoms with van der Waals surface area (Å²) >= 11 is 1.64. The molecule has 0 radical (unpaired) electrons. The van der Waals surface area contributed by atoms with E-state index in [2.05, 4.69) is 25.8 Å². The number of halogens is 2. The largest absolute Gasteiger partial charge is 0.378 e. The SMILES string of the molecule is CC(C)(C)c1nc(CC(=O)N2CCC(OCCCN)CC2)cs1.Cl.Cl. The fraction of sp³-hybridized carbons (Fsp3) is 0.765. The summed E-state index contributed by atoms with van der Waals surface area (Å²) in [7, 11) is 0. The van der Waals surface area contributed by atoms with E-state index < -0.39 is 0 Å². The molecule has 0 atom stereocenters. The molecule has 1 saturated heterocycles. The Bertz CT molecular complexity index is 512. The fourth-order valence-corrected chi connectivity index (χ4v) is 3.51. The molecule has 0 spiro atoms. The van der Waals surface area contributed by atoms with Crippen LogP contribution in [0.3, 0.4) is 0 Å². The second-order valence-electron chi connectivity index (χ2n) is 7.16. The highest BCUT2D eigenvalue weighted by molar-refractivity contribution is 7.09. The molecular weight excluding hydrogens is 381 g/mol. The molecule has 25 heavy (non-hydrogen) atoms. The van der Waals surface area contributed by atoms with Crippen molar-refractivity contribution in [3.63, 3.8) is 0 Å². The number of ether oxygens (including phenoxy) is 1. The zero-order valence-electron chi connectivity index (χ0n) is 15.3. The summed E-state index contributed by atoms with van der Waals surface area (Å²) < 4.78 is 5.78. The van der Waals surface area contributed by atoms with Crippen LogP contribution in [-0.2, 0) is 21.4 Å². The minimum Gasteiger partial charge on any atom is -0.378 e. The summed E-state index contributed by atoms with van der Waals surface area (Å²) in [6.07, 6.45) is 3.42. The number of piperidine rings is 1. The summed E-state index contributed by atoms with van der Waals surface area (Å²) in [4.78, 5) is 19.0. The van der Waals surface area contributed by atoms with Gasteiger partial charge in [0, 0.05) is 30.5 Å². The molecule has 1 aromatic heterocycles. The van der Waals surface area contributed by atoms with Gasteiger partial charge in [-0.2, -0.15) is 0 Å². The van der Waals surface area contributed by atoms with Gasteiger partial charge in [0.05, 0.1) is 23.2 Å². The van der Waals surface area contributed by atoms with Gasteiger partial charge < -0.3 is 15.4 Å². The number of carbonyl (C=O) groups excluding carboxylic acids is 1. The normalized spacial score (nSPS) is 15.4. The zero-order valence-corrected chi connectivity index (χ0v) is 17.8. The Labute approximate surface area is 167 Å². The Kier molecular flexibility index (Phi) is 11.2. The molecule has 0 unspecified atom stereocenters. The molecule has 8 heteroatoms. The van der Waals surface area contributed by atoms with Gasteiger partial charge in [0.25, 0.3) is 0 Å². The van der Waals surface area contributed by atoms with Gasteiger partial charge in [-0.1, -0.05) is 20.8 Å². The highest BCUT2D eigenvalue weighted by atomic mass is 35.5. The summed E-state index contributed by atoms with van der Waals surface area (Å²) in [5, 5.41) is 3.11. The summed E-state index contributed by atoms with van der Waals surface area (Å²) in [5.74, 6) is 0.177. The number of amides is 1. The van der Waals surface area contributed by atoms with Crippen molar-refractivity contribution < 1.29 is 9.53 Å². The van der Waals surface area contributed by atoms with E-state index in [1.807, 2.05) is 10.3 Å². The fourth-order valence-electron chi connectivity index (χ4n) is 2.60. The number of likely N-dealkylation sites (tertiary alicyclic amines) is 1. The van der Waals surface area contributed by atoms with Crippen molar-refractivity contribution in [2.24, 2.45) is 5.73 Å². The molecule has 1 aromatic rings. The van der Waals surface area contributed by atoms with E-state index in [1.165, 1.54) is 0 Å². The van der Waals surface area contributed by atoms with Crippen molar-refractivity contribution in [1.82, 2.24) is 9.88 Å². The predicted octanol–water partition coefficient (Wildman–Crippen LogP) is 3.18. The van der Waals surface area contributed by atoms with Gasteiger partial charge in [0.1, 0.15) is 0 Å². The monoisotopic (exact) mass is 411 g/mol. The maximum Gasteiger partial charge on any atom is 0.228 e. The first-order chi connectivity index (χ1) is 10.9. The van der Waals surface area contributed by atoms with Crippen molar-refractivity contribution in [3.8, 4) is 0 Å². The third-order valence-corrected chi connectivity index (χ3v) is 5.34. The van der Waals surface area contributed by atoms with E-state index >= 15 is 0 Å². The van der Waals surface area contributed by atoms with Crippen LogP contribution in [0.1, 0.15) is 50.7 Å². The van der Waals surface area contributed by atoms with Gasteiger partial charge in [-0.3, -0.25) is 4.79 Å². The van der Waals surface area contributed by atoms with Crippen LogP contribution >= 0.6 is 36.2 Å². The number of rotatable bonds is 6. The van der Waals surface area contributed by atoms with Crippen molar-refractivity contribution in [2.75, 3.05) is 26.2 Å². The van der Waals surface area contributed by atoms with E-state index in [1.54, 1.807) is 11.3 Å². The number of nitrogens with two attached hydrogens (primary N) is 1. The molecular formula is C17H31Cl2N3O2S. The Hall–Kier alpha value is -0.400. The molecule has 0 saturated carbocycles. The first-order valence-corrected chi connectivity index (χ1v) is 9.32. The molecule has 0 bridgehead atoms. The Morgan fingerprint density at radius 2 is 2.00 bits per heavy atom. The number of hydrogen-bond donors (Lipinski definition) is 1. The number of hydrogen-bond acceptors (Lipinski definition) is 5. The van der Waals surface area contributed by atoms with E-state index in [0.717, 1.165) is 49.7 Å². The molecule has 1 fully saturated rings. The van der Waals surface area contributed by atoms with Gasteiger partial charge in [-0.25, -0.2) is 4.98 Å². The standard InChI is InChI=1S/C17H29N3O2S.2ClH/c1-17(2,3)16-19-13(12-23-16)11-15(21)20-8-5-14(6-9-20)22-10-4-7-18;;/h12,14H,4-11,18H2,1-3H3;2*1H. The predicted molar refractivity (Wildman–Crippen MR) is 108 cm³/mol. The lowest BCUT2D eigenvalue weighted by atomic mass is 9.98. The molecule has 5 nitrogen and oxygen atoms in total. The van der Waals surface area contributed by atoms with Gasteiger partial charge in [0.15, 0.2) is 0 Å². The van der Waals surface area contributed by atoms with E-state index in [9.17, 15) is 4.79 Å². The second kappa shape index (κ2) is 11.3. The van der Waals surface area contributed by atoms with Crippen LogP contribution in [0.5, 0.6) is 0 Å². The van der Waals surface area contributed by atoms with Gasteiger partial charge >= 0.3 is 0 Å². The minimum absolute atomic E-state index is 0. The van der Waals surface area contributed by atoms with Crippen LogP contribution in [0.15, 0.2) is 5.38 Å². The molecule has 1 aliphatic heterocycles. The Morgan fingerprint density at radius 1 is 1.36 bits per heavy atom. The molecule has 0 aliphatic carbocycles. The number of nitrogens with zero attached hydrogens (tertiary/aromatic N) is 2. The molecule has 1 aliphatic rings. The van der Waals surface area contributed by atoms with E-state index in [-0.39, 0.29) is 42.2 Å². The highest BCUT2D eigenvalue weighted by Gasteiger charge is 2.24. The van der Waals surface area contributed by atoms with Gasteiger partial charge in [-0.15, -0.1) is 36.2 Å². The van der Waals surface area contributed by atoms with E-state index in [0.29, 0.717) is 13.0 Å². The maximum atomic E-state index is 12.4. The average Bonchev–Trinajstić information content (AvgIpc) is 2.97. The third kappa shape index (κ3) is 7.79. The Morgan fingerprint density at radius 3 is 2.52 bits per heavy atom. The second-order valence-corrected chi connectivity index (χ2v) is 8.02. The number of thiazole rings is 1. The lowest BCUT2D eigenvalue weighted by molar-refractivity contribution is -0.133. The molecule has 146 valence electrons. The minimum atomic E-state index is 0. The molecule has 0 aromatic carbocycles. The highest BCUT2D eigenvalue weighted by Crippen LogP contribution is 2.26. The summed E-state index contributed by atoms with van der Waals surface area (Å²) in [6.45, 7) is 9.39. The molecule has 2 N–H and O–H groups in total. The molecule has 1 amide bonds. The van der Waals surface area contributed by atoms with Crippen LogP contribution in [0.4, 0.5) is 0 Å². The smallest absolute Gasteiger partial charge is 0.228 e. The average molecular weight is 412 g/mol. The van der Waals surface area contributed by atoms with Gasteiger partial charge in [-0.05, 0) is 25.8 Å². The first-order valence-electron chi connectivity index (χ1n) is 8.44. The topological polar surface area (TPSA) is 68.5 Å². The molecule has 2 heterocycles. The van der Waals surface area contributed by atoms with Gasteiger partial charge in [0.2, 0.25) is 5.91 Å². The van der Waals surface area contributed by atoms with Crippen molar-refractivity contribution in [2.45, 2.75) is 58.0 Å². The molecule has 2 rings (SSSR count). The van der Waals surface area contributed by atoms with Crippen LogP contribution < -0.4 is 5.73 Å². The van der Waals surface area contributed by atoms with Crippen LogP contribution in [0, 0.1) is 0 Å².